The van der Waals surface area contributed by atoms with Crippen LogP contribution in [0.5, 0.6) is 0 Å². The van der Waals surface area contributed by atoms with Crippen LogP contribution in [0.2, 0.25) is 0 Å². The van der Waals surface area contributed by atoms with Crippen molar-refractivity contribution in [1.29, 1.82) is 0 Å². The number of halogens is 1. The van der Waals surface area contributed by atoms with E-state index < -0.39 is 0 Å². The van der Waals surface area contributed by atoms with Crippen LogP contribution in [0.15, 0.2) is 10.6 Å². The molecule has 4 heterocycles. The van der Waals surface area contributed by atoms with E-state index in [0.29, 0.717) is 23.1 Å². The molecule has 0 bridgehead atoms. The number of pyridine rings is 1. The SMILES string of the molecule is Cc1noc2nc(C(C)C)cc(C(=O)N3C[C@H]4CNC[C@H]4C3)c12.Cl. The Morgan fingerprint density at radius 2 is 2.00 bits per heavy atom. The largest absolute Gasteiger partial charge is 0.338 e. The fourth-order valence-corrected chi connectivity index (χ4v) is 3.77. The van der Waals surface area contributed by atoms with Gasteiger partial charge < -0.3 is 14.7 Å². The highest BCUT2D eigenvalue weighted by Crippen LogP contribution is 2.31. The van der Waals surface area contributed by atoms with Gasteiger partial charge in [-0.25, -0.2) is 4.98 Å². The van der Waals surface area contributed by atoms with Crippen molar-refractivity contribution in [2.24, 2.45) is 11.8 Å². The van der Waals surface area contributed by atoms with Gasteiger partial charge in [-0.3, -0.25) is 4.79 Å². The Morgan fingerprint density at radius 1 is 1.33 bits per heavy atom. The molecule has 0 aliphatic carbocycles. The van der Waals surface area contributed by atoms with Crippen LogP contribution in [0.4, 0.5) is 0 Å². The number of nitrogens with zero attached hydrogens (tertiary/aromatic N) is 3. The molecule has 0 spiro atoms. The van der Waals surface area contributed by atoms with Crippen molar-refractivity contribution < 1.29 is 9.32 Å². The molecule has 2 atom stereocenters. The van der Waals surface area contributed by atoms with Crippen LogP contribution in [0.1, 0.15) is 41.5 Å². The van der Waals surface area contributed by atoms with E-state index in [-0.39, 0.29) is 24.2 Å². The number of carbonyl (C=O) groups excluding carboxylic acids is 1. The number of rotatable bonds is 2. The third kappa shape index (κ3) is 2.67. The summed E-state index contributed by atoms with van der Waals surface area (Å²) in [5.41, 5.74) is 2.76. The third-order valence-corrected chi connectivity index (χ3v) is 5.14. The Hall–Kier alpha value is -1.66. The van der Waals surface area contributed by atoms with Gasteiger partial charge >= 0.3 is 0 Å². The third-order valence-electron chi connectivity index (χ3n) is 5.14. The van der Waals surface area contributed by atoms with Crippen LogP contribution >= 0.6 is 12.4 Å². The summed E-state index contributed by atoms with van der Waals surface area (Å²) in [6.07, 6.45) is 0. The minimum atomic E-state index is 0. The molecule has 2 aromatic rings. The second-order valence-corrected chi connectivity index (χ2v) is 7.09. The van der Waals surface area contributed by atoms with Gasteiger partial charge in [0.15, 0.2) is 0 Å². The molecular weight excluding hydrogens is 328 g/mol. The maximum Gasteiger partial charge on any atom is 0.259 e. The van der Waals surface area contributed by atoms with Gasteiger partial charge in [0.05, 0.1) is 16.6 Å². The number of nitrogens with one attached hydrogen (secondary N) is 1. The molecule has 0 aromatic carbocycles. The van der Waals surface area contributed by atoms with Crippen LogP contribution in [0.25, 0.3) is 11.1 Å². The van der Waals surface area contributed by atoms with Gasteiger partial charge in [-0.2, -0.15) is 0 Å². The molecule has 0 unspecified atom stereocenters. The van der Waals surface area contributed by atoms with E-state index in [0.717, 1.165) is 43.0 Å². The first-order valence-electron chi connectivity index (χ1n) is 8.31. The molecule has 24 heavy (non-hydrogen) atoms. The fourth-order valence-electron chi connectivity index (χ4n) is 3.77. The molecule has 2 fully saturated rings. The van der Waals surface area contributed by atoms with E-state index in [2.05, 4.69) is 29.3 Å². The normalized spacial score (nSPS) is 22.9. The summed E-state index contributed by atoms with van der Waals surface area (Å²) in [7, 11) is 0. The number of carbonyl (C=O) groups is 1. The first-order chi connectivity index (χ1) is 11.0. The molecule has 2 aromatic heterocycles. The topological polar surface area (TPSA) is 71.3 Å². The zero-order chi connectivity index (χ0) is 16.1. The summed E-state index contributed by atoms with van der Waals surface area (Å²) >= 11 is 0. The Kier molecular flexibility index (Phi) is 4.53. The summed E-state index contributed by atoms with van der Waals surface area (Å²) in [4.78, 5) is 19.6. The zero-order valence-electron chi connectivity index (χ0n) is 14.2. The molecule has 2 aliphatic rings. The second kappa shape index (κ2) is 6.33. The van der Waals surface area contributed by atoms with Gasteiger partial charge in [-0.15, -0.1) is 12.4 Å². The molecule has 0 saturated carbocycles. The van der Waals surface area contributed by atoms with Crippen LogP contribution in [-0.4, -0.2) is 47.1 Å². The first-order valence-corrected chi connectivity index (χ1v) is 8.31. The minimum Gasteiger partial charge on any atom is -0.338 e. The highest BCUT2D eigenvalue weighted by Gasteiger charge is 2.39. The quantitative estimate of drug-likeness (QED) is 0.900. The lowest BCUT2D eigenvalue weighted by atomic mass is 10.0. The highest BCUT2D eigenvalue weighted by atomic mass is 35.5. The zero-order valence-corrected chi connectivity index (χ0v) is 15.0. The lowest BCUT2D eigenvalue weighted by molar-refractivity contribution is 0.0783. The first kappa shape index (κ1) is 17.2. The number of amides is 1. The van der Waals surface area contributed by atoms with Gasteiger partial charge in [0, 0.05) is 31.9 Å². The van der Waals surface area contributed by atoms with E-state index >= 15 is 0 Å². The van der Waals surface area contributed by atoms with E-state index in [1.54, 1.807) is 0 Å². The molecule has 6 nitrogen and oxygen atoms in total. The standard InChI is InChI=1S/C17H22N4O2.ClH/c1-9(2)14-4-13(15-10(3)20-23-16(15)19-14)17(22)21-7-11-5-18-6-12(11)8-21;/h4,9,11-12,18H,5-8H2,1-3H3;1H/t11-,12+;. The number of aromatic nitrogens is 2. The minimum absolute atomic E-state index is 0. The lowest BCUT2D eigenvalue weighted by Crippen LogP contribution is -2.32. The fraction of sp³-hybridized carbons (Fsp3) is 0.588. The number of fused-ring (bicyclic) bond motifs is 2. The van der Waals surface area contributed by atoms with Crippen LogP contribution in [-0.2, 0) is 0 Å². The van der Waals surface area contributed by atoms with E-state index in [9.17, 15) is 4.79 Å². The Balaban J connectivity index is 0.00000169. The van der Waals surface area contributed by atoms with Crippen LogP contribution in [0, 0.1) is 18.8 Å². The summed E-state index contributed by atoms with van der Waals surface area (Å²) in [6, 6.07) is 1.92. The van der Waals surface area contributed by atoms with Crippen LogP contribution in [0.3, 0.4) is 0 Å². The van der Waals surface area contributed by atoms with Gasteiger partial charge in [0.1, 0.15) is 0 Å². The molecule has 2 aliphatic heterocycles. The van der Waals surface area contributed by atoms with Crippen molar-refractivity contribution in [2.45, 2.75) is 26.7 Å². The molecule has 2 saturated heterocycles. The van der Waals surface area contributed by atoms with E-state index in [4.69, 9.17) is 4.52 Å². The summed E-state index contributed by atoms with van der Waals surface area (Å²) in [6.45, 7) is 9.70. The summed E-state index contributed by atoms with van der Waals surface area (Å²) in [5.74, 6) is 1.49. The average molecular weight is 351 g/mol. The van der Waals surface area contributed by atoms with Crippen molar-refractivity contribution in [3.05, 3.63) is 23.0 Å². The van der Waals surface area contributed by atoms with Gasteiger partial charge in [0.2, 0.25) is 0 Å². The molecule has 1 N–H and O–H groups in total. The summed E-state index contributed by atoms with van der Waals surface area (Å²) in [5, 5.41) is 8.17. The van der Waals surface area contributed by atoms with Crippen molar-refractivity contribution in [3.8, 4) is 0 Å². The summed E-state index contributed by atoms with van der Waals surface area (Å²) < 4.78 is 5.33. The molecule has 7 heteroatoms. The molecule has 1 amide bonds. The lowest BCUT2D eigenvalue weighted by Gasteiger charge is -2.18. The number of aryl methyl sites for hydroxylation is 1. The van der Waals surface area contributed by atoms with Crippen molar-refractivity contribution in [3.63, 3.8) is 0 Å². The monoisotopic (exact) mass is 350 g/mol. The van der Waals surface area contributed by atoms with Crippen molar-refractivity contribution in [1.82, 2.24) is 20.4 Å². The molecule has 4 rings (SSSR count). The number of hydrogen-bond acceptors (Lipinski definition) is 5. The predicted octanol–water partition coefficient (Wildman–Crippen LogP) is 2.37. The van der Waals surface area contributed by atoms with Crippen molar-refractivity contribution in [2.75, 3.05) is 26.2 Å². The van der Waals surface area contributed by atoms with Crippen molar-refractivity contribution >= 4 is 29.4 Å². The molecular formula is C17H23ClN4O2. The highest BCUT2D eigenvalue weighted by molar-refractivity contribution is 6.06. The maximum atomic E-state index is 13.1. The second-order valence-electron chi connectivity index (χ2n) is 7.09. The molecule has 0 radical (unpaired) electrons. The smallest absolute Gasteiger partial charge is 0.259 e. The van der Waals surface area contributed by atoms with E-state index in [1.165, 1.54) is 0 Å². The van der Waals surface area contributed by atoms with E-state index in [1.807, 2.05) is 17.9 Å². The number of likely N-dealkylation sites (tertiary alicyclic amines) is 1. The average Bonchev–Trinajstić information content (AvgIpc) is 3.20. The Labute approximate surface area is 147 Å². The molecule has 130 valence electrons. The van der Waals surface area contributed by atoms with Gasteiger partial charge in [-0.05, 0) is 30.7 Å². The Morgan fingerprint density at radius 3 is 2.62 bits per heavy atom. The Bertz CT molecular complexity index is 761. The maximum absolute atomic E-state index is 13.1. The number of hydrogen-bond donors (Lipinski definition) is 1. The van der Waals surface area contributed by atoms with Crippen LogP contribution < -0.4 is 5.32 Å². The van der Waals surface area contributed by atoms with Gasteiger partial charge in [-0.1, -0.05) is 19.0 Å². The predicted molar refractivity (Wildman–Crippen MR) is 93.6 cm³/mol. The van der Waals surface area contributed by atoms with Gasteiger partial charge in [0.25, 0.3) is 11.6 Å².